The highest BCUT2D eigenvalue weighted by atomic mass is 32.2. The number of fused-ring (bicyclic) bond motifs is 2. The summed E-state index contributed by atoms with van der Waals surface area (Å²) in [6.07, 6.45) is 16.4. The lowest BCUT2D eigenvalue weighted by Crippen LogP contribution is -2.31. The molecule has 0 radical (unpaired) electrons. The van der Waals surface area contributed by atoms with Crippen molar-refractivity contribution in [3.05, 3.63) is 107 Å². The third-order valence-corrected chi connectivity index (χ3v) is 15.2. The van der Waals surface area contributed by atoms with Crippen LogP contribution in [0.2, 0.25) is 0 Å². The third-order valence-electron chi connectivity index (χ3n) is 12.1. The Hall–Kier alpha value is -5.18. The Balaban J connectivity index is 1.36. The molecule has 0 saturated heterocycles. The van der Waals surface area contributed by atoms with Crippen LogP contribution in [-0.4, -0.2) is 136 Å². The zero-order chi connectivity index (χ0) is 51.9. The molecule has 0 atom stereocenters. The number of carbonyl (C=O) groups is 3. The fourth-order valence-corrected chi connectivity index (χ4v) is 10.3. The van der Waals surface area contributed by atoms with Gasteiger partial charge in [0.25, 0.3) is 42.2 Å². The van der Waals surface area contributed by atoms with Crippen LogP contribution in [0, 0.1) is 0 Å². The molecular weight excluding hydrogens is 993 g/mol. The molecule has 2 aromatic rings. The van der Waals surface area contributed by atoms with E-state index >= 15 is 0 Å². The van der Waals surface area contributed by atoms with Crippen molar-refractivity contribution >= 4 is 75.3 Å². The SMILES string of the molecule is CC1(C)C(/C=C/C=C(/C=C/C=C2/N(CCS(=O)(=O)O)c3ccc(S(=O)(=O)O)cc3C2(C)C)CCCOCC(=O)NCCCCCCN2C(=O)C=CC2=O)=[N+](CCS(=O)(=O)O)c2ccc(S(=O)(=O)[O-])cc21. The Morgan fingerprint density at radius 2 is 1.41 bits per heavy atom. The van der Waals surface area contributed by atoms with E-state index in [4.69, 9.17) is 4.74 Å². The number of unbranched alkanes of at least 4 members (excludes halogenated alkanes) is 3. The Morgan fingerprint density at radius 3 is 2.06 bits per heavy atom. The Labute approximate surface area is 409 Å². The maximum atomic E-state index is 12.5. The molecule has 0 saturated carbocycles. The summed E-state index contributed by atoms with van der Waals surface area (Å²) in [6.45, 7) is 7.39. The molecule has 0 fully saturated rings. The van der Waals surface area contributed by atoms with E-state index < -0.39 is 67.7 Å². The van der Waals surface area contributed by atoms with Crippen LogP contribution in [0.4, 0.5) is 11.4 Å². The van der Waals surface area contributed by atoms with E-state index in [2.05, 4.69) is 5.32 Å². The van der Waals surface area contributed by atoms with Crippen molar-refractivity contribution in [3.63, 3.8) is 0 Å². The molecule has 0 bridgehead atoms. The number of allylic oxidation sites excluding steroid dienone is 8. The van der Waals surface area contributed by atoms with Crippen LogP contribution in [0.1, 0.15) is 77.3 Å². The molecule has 0 spiro atoms. The molecule has 24 heteroatoms. The van der Waals surface area contributed by atoms with Crippen LogP contribution in [0.5, 0.6) is 0 Å². The van der Waals surface area contributed by atoms with Gasteiger partial charge in [0.05, 0.1) is 21.0 Å². The first-order chi connectivity index (χ1) is 32.5. The third kappa shape index (κ3) is 14.7. The normalized spacial score (nSPS) is 17.8. The van der Waals surface area contributed by atoms with Crippen LogP contribution >= 0.6 is 0 Å². The summed E-state index contributed by atoms with van der Waals surface area (Å²) in [5, 5.41) is 2.80. The molecule has 3 aliphatic heterocycles. The summed E-state index contributed by atoms with van der Waals surface area (Å²) in [4.78, 5) is 37.9. The highest BCUT2D eigenvalue weighted by Crippen LogP contribution is 2.48. The van der Waals surface area contributed by atoms with E-state index in [1.165, 1.54) is 47.4 Å². The molecule has 4 N–H and O–H groups in total. The Morgan fingerprint density at radius 1 is 0.771 bits per heavy atom. The molecule has 3 heterocycles. The summed E-state index contributed by atoms with van der Waals surface area (Å²) in [6, 6.07) is 7.71. The van der Waals surface area contributed by atoms with E-state index in [1.54, 1.807) is 73.6 Å². The average Bonchev–Trinajstić information content (AvgIpc) is 3.77. The first-order valence-corrected chi connectivity index (χ1v) is 28.3. The summed E-state index contributed by atoms with van der Waals surface area (Å²) in [5.41, 5.74) is 1.62. The topological polar surface area (TPSA) is 302 Å². The number of hydrogen-bond acceptors (Lipinski definition) is 14. The lowest BCUT2D eigenvalue weighted by molar-refractivity contribution is -0.432. The first-order valence-electron chi connectivity index (χ1n) is 22.2. The van der Waals surface area contributed by atoms with Crippen molar-refractivity contribution < 1.29 is 75.6 Å². The Bertz CT molecular complexity index is 3010. The molecule has 20 nitrogen and oxygen atoms in total. The van der Waals surface area contributed by atoms with Crippen molar-refractivity contribution in [2.75, 3.05) is 55.8 Å². The van der Waals surface area contributed by atoms with Crippen molar-refractivity contribution in [2.24, 2.45) is 0 Å². The van der Waals surface area contributed by atoms with Gasteiger partial charge in [0, 0.05) is 72.9 Å². The maximum Gasteiger partial charge on any atom is 0.294 e. The summed E-state index contributed by atoms with van der Waals surface area (Å²) >= 11 is 0. The zero-order valence-electron chi connectivity index (χ0n) is 39.1. The van der Waals surface area contributed by atoms with E-state index in [-0.39, 0.29) is 48.9 Å². The fourth-order valence-electron chi connectivity index (χ4n) is 8.49. The molecule has 3 aliphatic rings. The van der Waals surface area contributed by atoms with E-state index in [9.17, 15) is 66.3 Å². The van der Waals surface area contributed by atoms with E-state index in [0.29, 0.717) is 78.3 Å². The lowest BCUT2D eigenvalue weighted by atomic mass is 9.81. The van der Waals surface area contributed by atoms with Gasteiger partial charge >= 0.3 is 0 Å². The summed E-state index contributed by atoms with van der Waals surface area (Å²) in [5.74, 6) is -2.28. The zero-order valence-corrected chi connectivity index (χ0v) is 42.4. The van der Waals surface area contributed by atoms with E-state index in [0.717, 1.165) is 18.9 Å². The lowest BCUT2D eigenvalue weighted by Gasteiger charge is -2.26. The number of ether oxygens (including phenoxy) is 1. The van der Waals surface area contributed by atoms with Crippen molar-refractivity contribution in [1.82, 2.24) is 10.2 Å². The molecule has 2 aromatic carbocycles. The molecule has 0 aromatic heterocycles. The number of imide groups is 1. The smallest absolute Gasteiger partial charge is 0.294 e. The van der Waals surface area contributed by atoms with Gasteiger partial charge in [-0.05, 0) is 87.1 Å². The number of hydrogen-bond donors (Lipinski definition) is 4. The van der Waals surface area contributed by atoms with Crippen molar-refractivity contribution in [3.8, 4) is 0 Å². The standard InChI is InChI=1S/C46H58N4O16S4/c1-45(2)36-30-34(69(60,61)62)17-19-38(36)48(25-28-67(54,55)56)40(45)15-9-12-33(14-11-27-66-32-42(51)47-23-7-5-6-8-24-50-43(52)21-22-44(50)53)13-10-16-41-46(3,4)37-31-35(70(63,64)65)18-20-39(37)49(41)26-29-68(57,58)59/h9-10,12-13,15-22,30-31H,5-8,11,14,23-29,32H2,1-4H3,(H4-,47,51,54,55,56,57,58,59,60,61,62,63,64,65). The number of nitrogens with zero attached hydrogens (tertiary/aromatic N) is 3. The predicted molar refractivity (Wildman–Crippen MR) is 259 cm³/mol. The van der Waals surface area contributed by atoms with Crippen LogP contribution in [-0.2, 0) is 70.4 Å². The Kier molecular flexibility index (Phi) is 17.9. The predicted octanol–water partition coefficient (Wildman–Crippen LogP) is 4.11. The second kappa shape index (κ2) is 22.5. The van der Waals surface area contributed by atoms with Crippen LogP contribution in [0.15, 0.2) is 106 Å². The quantitative estimate of drug-likeness (QED) is 0.0358. The van der Waals surface area contributed by atoms with Gasteiger partial charge in [0.15, 0.2) is 12.3 Å². The minimum atomic E-state index is -4.84. The average molecular weight is 1050 g/mol. The monoisotopic (exact) mass is 1050 g/mol. The highest BCUT2D eigenvalue weighted by molar-refractivity contribution is 7.86. The number of carbonyl (C=O) groups excluding carboxylic acids is 3. The van der Waals surface area contributed by atoms with Gasteiger partial charge in [0.1, 0.15) is 22.5 Å². The van der Waals surface area contributed by atoms with Gasteiger partial charge in [-0.2, -0.15) is 29.8 Å². The van der Waals surface area contributed by atoms with Gasteiger partial charge in [-0.1, -0.05) is 51.0 Å². The minimum absolute atomic E-state index is 0.169. The molecule has 3 amide bonds. The van der Waals surface area contributed by atoms with Crippen LogP contribution < -0.4 is 10.2 Å². The highest BCUT2D eigenvalue weighted by Gasteiger charge is 2.45. The van der Waals surface area contributed by atoms with Crippen molar-refractivity contribution in [2.45, 2.75) is 86.8 Å². The van der Waals surface area contributed by atoms with Crippen LogP contribution in [0.25, 0.3) is 0 Å². The number of amides is 3. The summed E-state index contributed by atoms with van der Waals surface area (Å²) < 4.78 is 144. The minimum Gasteiger partial charge on any atom is -0.744 e. The fraction of sp³-hybridized carbons (Fsp3) is 0.435. The van der Waals surface area contributed by atoms with Crippen molar-refractivity contribution in [1.29, 1.82) is 0 Å². The van der Waals surface area contributed by atoms with E-state index in [1.807, 2.05) is 0 Å². The number of rotatable bonds is 25. The summed E-state index contributed by atoms with van der Waals surface area (Å²) in [7, 11) is -18.3. The second-order valence-corrected chi connectivity index (χ2v) is 23.8. The molecule has 0 aliphatic carbocycles. The largest absolute Gasteiger partial charge is 0.744 e. The molecule has 70 heavy (non-hydrogen) atoms. The van der Waals surface area contributed by atoms with Crippen LogP contribution in [0.3, 0.4) is 0 Å². The number of nitrogens with one attached hydrogen (secondary N) is 1. The maximum absolute atomic E-state index is 12.5. The van der Waals surface area contributed by atoms with Gasteiger partial charge in [-0.3, -0.25) is 32.9 Å². The number of anilines is 1. The van der Waals surface area contributed by atoms with Gasteiger partial charge in [-0.25, -0.2) is 8.42 Å². The second-order valence-electron chi connectivity index (χ2n) is 17.9. The first kappa shape index (κ1) is 55.7. The van der Waals surface area contributed by atoms with Gasteiger partial charge in [0.2, 0.25) is 11.6 Å². The molecule has 382 valence electrons. The molecular formula is C46H58N4O16S4. The number of benzene rings is 2. The van der Waals surface area contributed by atoms with Gasteiger partial charge < -0.3 is 19.5 Å². The van der Waals surface area contributed by atoms with Gasteiger partial charge in [-0.15, -0.1) is 0 Å². The molecule has 0 unspecified atom stereocenters. The molecule has 5 rings (SSSR count).